The van der Waals surface area contributed by atoms with Gasteiger partial charge in [-0.1, -0.05) is 12.1 Å². The molecule has 0 radical (unpaired) electrons. The summed E-state index contributed by atoms with van der Waals surface area (Å²) in [5, 5.41) is 0. The fourth-order valence-electron chi connectivity index (χ4n) is 3.05. The molecule has 1 aromatic heterocycles. The number of hydrogen-bond acceptors (Lipinski definition) is 3. The lowest BCUT2D eigenvalue weighted by atomic mass is 10.2. The first-order chi connectivity index (χ1) is 11.9. The van der Waals surface area contributed by atoms with Crippen molar-refractivity contribution in [2.75, 3.05) is 26.2 Å². The summed E-state index contributed by atoms with van der Waals surface area (Å²) in [5.74, 6) is 0.0197. The lowest BCUT2D eigenvalue weighted by Crippen LogP contribution is -2.51. The number of aromatic amines is 1. The SMILES string of the molecule is Cc1ccc(C)c(S(=O)(=O)N2CCN(C(=O)Cc3ccc[nH]3)CC2)c1. The van der Waals surface area contributed by atoms with Gasteiger partial charge in [0.1, 0.15) is 0 Å². The van der Waals surface area contributed by atoms with Crippen LogP contribution in [0.3, 0.4) is 0 Å². The first-order valence-corrected chi connectivity index (χ1v) is 9.79. The highest BCUT2D eigenvalue weighted by Crippen LogP contribution is 2.22. The summed E-state index contributed by atoms with van der Waals surface area (Å²) in [6.07, 6.45) is 2.11. The van der Waals surface area contributed by atoms with E-state index >= 15 is 0 Å². The monoisotopic (exact) mass is 361 g/mol. The molecule has 3 rings (SSSR count). The molecule has 2 heterocycles. The van der Waals surface area contributed by atoms with Crippen molar-refractivity contribution in [2.24, 2.45) is 0 Å². The van der Waals surface area contributed by atoms with Crippen LogP contribution in [0.5, 0.6) is 0 Å². The van der Waals surface area contributed by atoms with E-state index in [1.165, 1.54) is 4.31 Å². The van der Waals surface area contributed by atoms with Crippen LogP contribution in [-0.2, 0) is 21.2 Å². The van der Waals surface area contributed by atoms with Crippen LogP contribution in [0.4, 0.5) is 0 Å². The Labute approximate surface area is 148 Å². The van der Waals surface area contributed by atoms with Crippen LogP contribution < -0.4 is 0 Å². The van der Waals surface area contributed by atoms with E-state index in [0.717, 1.165) is 16.8 Å². The van der Waals surface area contributed by atoms with Crippen LogP contribution in [0.2, 0.25) is 0 Å². The first kappa shape index (κ1) is 17.7. The summed E-state index contributed by atoms with van der Waals surface area (Å²) in [6, 6.07) is 9.19. The van der Waals surface area contributed by atoms with Crippen molar-refractivity contribution in [2.45, 2.75) is 25.2 Å². The van der Waals surface area contributed by atoms with Crippen LogP contribution in [0.1, 0.15) is 16.8 Å². The van der Waals surface area contributed by atoms with Gasteiger partial charge >= 0.3 is 0 Å². The third-order valence-electron chi connectivity index (χ3n) is 4.56. The van der Waals surface area contributed by atoms with E-state index in [1.54, 1.807) is 17.2 Å². The van der Waals surface area contributed by atoms with Crippen LogP contribution in [0.25, 0.3) is 0 Å². The maximum Gasteiger partial charge on any atom is 0.243 e. The molecule has 0 atom stereocenters. The van der Waals surface area contributed by atoms with Crippen molar-refractivity contribution in [3.05, 3.63) is 53.3 Å². The number of carbonyl (C=O) groups excluding carboxylic acids is 1. The highest BCUT2D eigenvalue weighted by molar-refractivity contribution is 7.89. The number of H-pyrrole nitrogens is 1. The molecule has 0 aliphatic carbocycles. The number of carbonyl (C=O) groups is 1. The molecule has 25 heavy (non-hydrogen) atoms. The minimum absolute atomic E-state index is 0.0197. The predicted molar refractivity (Wildman–Crippen MR) is 95.8 cm³/mol. The Morgan fingerprint density at radius 3 is 2.48 bits per heavy atom. The van der Waals surface area contributed by atoms with E-state index < -0.39 is 10.0 Å². The molecule has 0 spiro atoms. The second-order valence-corrected chi connectivity index (χ2v) is 8.33. The number of nitrogens with one attached hydrogen (secondary N) is 1. The standard InChI is InChI=1S/C18H23N3O3S/c1-14-5-6-15(2)17(12-14)25(23,24)21-10-8-20(9-11-21)18(22)13-16-4-3-7-19-16/h3-7,12,19H,8-11,13H2,1-2H3. The maximum absolute atomic E-state index is 12.9. The highest BCUT2D eigenvalue weighted by atomic mass is 32.2. The molecule has 134 valence electrons. The van der Waals surface area contributed by atoms with Gasteiger partial charge in [-0.25, -0.2) is 8.42 Å². The minimum Gasteiger partial charge on any atom is -0.365 e. The number of hydrogen-bond donors (Lipinski definition) is 1. The Bertz CT molecular complexity index is 852. The van der Waals surface area contributed by atoms with Crippen LogP contribution in [0.15, 0.2) is 41.4 Å². The maximum atomic E-state index is 12.9. The summed E-state index contributed by atoms with van der Waals surface area (Å²) in [4.78, 5) is 17.4. The van der Waals surface area contributed by atoms with Crippen LogP contribution >= 0.6 is 0 Å². The molecule has 1 saturated heterocycles. The fraction of sp³-hybridized carbons (Fsp3) is 0.389. The topological polar surface area (TPSA) is 73.5 Å². The van der Waals surface area contributed by atoms with Crippen molar-refractivity contribution in [1.82, 2.24) is 14.2 Å². The van der Waals surface area contributed by atoms with Gasteiger partial charge in [-0.05, 0) is 43.2 Å². The van der Waals surface area contributed by atoms with E-state index in [0.29, 0.717) is 37.5 Å². The fourth-order valence-corrected chi connectivity index (χ4v) is 4.79. The zero-order valence-corrected chi connectivity index (χ0v) is 15.3. The van der Waals surface area contributed by atoms with Gasteiger partial charge in [0, 0.05) is 38.1 Å². The molecule has 1 N–H and O–H groups in total. The van der Waals surface area contributed by atoms with E-state index in [2.05, 4.69) is 4.98 Å². The smallest absolute Gasteiger partial charge is 0.243 e. The van der Waals surface area contributed by atoms with Crippen molar-refractivity contribution in [3.63, 3.8) is 0 Å². The van der Waals surface area contributed by atoms with Gasteiger partial charge in [-0.3, -0.25) is 4.79 Å². The Kier molecular flexibility index (Phi) is 4.96. The van der Waals surface area contributed by atoms with Gasteiger partial charge in [0.15, 0.2) is 0 Å². The minimum atomic E-state index is -3.53. The second-order valence-electron chi connectivity index (χ2n) is 6.43. The number of amides is 1. The van der Waals surface area contributed by atoms with E-state index in [-0.39, 0.29) is 5.91 Å². The summed E-state index contributed by atoms with van der Waals surface area (Å²) in [6.45, 7) is 5.18. The Balaban J connectivity index is 1.67. The Hall–Kier alpha value is -2.12. The van der Waals surface area contributed by atoms with Crippen molar-refractivity contribution < 1.29 is 13.2 Å². The van der Waals surface area contributed by atoms with Crippen molar-refractivity contribution >= 4 is 15.9 Å². The largest absolute Gasteiger partial charge is 0.365 e. The molecule has 0 bridgehead atoms. The summed E-state index contributed by atoms with van der Waals surface area (Å²) < 4.78 is 27.3. The molecule has 0 unspecified atom stereocenters. The number of piperazine rings is 1. The average Bonchev–Trinajstić information content (AvgIpc) is 3.10. The van der Waals surface area contributed by atoms with Gasteiger partial charge in [-0.15, -0.1) is 0 Å². The lowest BCUT2D eigenvalue weighted by Gasteiger charge is -2.34. The number of benzene rings is 1. The Morgan fingerprint density at radius 1 is 1.12 bits per heavy atom. The zero-order valence-electron chi connectivity index (χ0n) is 14.5. The van der Waals surface area contributed by atoms with Crippen molar-refractivity contribution in [1.29, 1.82) is 0 Å². The Morgan fingerprint density at radius 2 is 1.84 bits per heavy atom. The van der Waals surface area contributed by atoms with Crippen LogP contribution in [-0.4, -0.2) is 54.7 Å². The molecular weight excluding hydrogens is 338 g/mol. The molecule has 0 saturated carbocycles. The third-order valence-corrected chi connectivity index (χ3v) is 6.60. The summed E-state index contributed by atoms with van der Waals surface area (Å²) in [5.41, 5.74) is 2.54. The first-order valence-electron chi connectivity index (χ1n) is 8.35. The van der Waals surface area contributed by atoms with Gasteiger partial charge in [-0.2, -0.15) is 4.31 Å². The summed E-state index contributed by atoms with van der Waals surface area (Å²) in [7, 11) is -3.53. The quantitative estimate of drug-likeness (QED) is 0.901. The number of nitrogens with zero attached hydrogens (tertiary/aromatic N) is 2. The van der Waals surface area contributed by atoms with E-state index in [4.69, 9.17) is 0 Å². The summed E-state index contributed by atoms with van der Waals surface area (Å²) >= 11 is 0. The second kappa shape index (κ2) is 7.01. The number of rotatable bonds is 4. The van der Waals surface area contributed by atoms with Crippen molar-refractivity contribution in [3.8, 4) is 0 Å². The normalized spacial score (nSPS) is 16.2. The van der Waals surface area contributed by atoms with Gasteiger partial charge in [0.05, 0.1) is 11.3 Å². The molecule has 7 heteroatoms. The molecule has 1 amide bonds. The van der Waals surface area contributed by atoms with E-state index in [1.807, 2.05) is 38.1 Å². The van der Waals surface area contributed by atoms with Gasteiger partial charge < -0.3 is 9.88 Å². The number of aromatic nitrogens is 1. The molecule has 1 aromatic carbocycles. The predicted octanol–water partition coefficient (Wildman–Crippen LogP) is 1.71. The zero-order chi connectivity index (χ0) is 18.0. The third kappa shape index (κ3) is 3.77. The molecular formula is C18H23N3O3S. The van der Waals surface area contributed by atoms with Gasteiger partial charge in [0.2, 0.25) is 15.9 Å². The molecule has 1 fully saturated rings. The lowest BCUT2D eigenvalue weighted by molar-refractivity contribution is -0.131. The average molecular weight is 361 g/mol. The molecule has 1 aliphatic rings. The van der Waals surface area contributed by atoms with Gasteiger partial charge in [0.25, 0.3) is 0 Å². The molecule has 6 nitrogen and oxygen atoms in total. The highest BCUT2D eigenvalue weighted by Gasteiger charge is 2.31. The van der Waals surface area contributed by atoms with E-state index in [9.17, 15) is 13.2 Å². The molecule has 1 aliphatic heterocycles. The molecule has 2 aromatic rings. The van der Waals surface area contributed by atoms with Crippen LogP contribution in [0, 0.1) is 13.8 Å². The number of sulfonamides is 1. The number of aryl methyl sites for hydroxylation is 2.